The molecule has 2 aromatic rings. The van der Waals surface area contributed by atoms with Crippen LogP contribution in [0, 0.1) is 0 Å². The number of benzene rings is 2. The van der Waals surface area contributed by atoms with E-state index in [9.17, 15) is 19.5 Å². The molecule has 0 aromatic heterocycles. The molecule has 8 heteroatoms. The highest BCUT2D eigenvalue weighted by Crippen LogP contribution is 2.56. The molecule has 2 heterocycles. The fourth-order valence-electron chi connectivity index (χ4n) is 4.50. The zero-order chi connectivity index (χ0) is 23.8. The van der Waals surface area contributed by atoms with Crippen LogP contribution in [0.3, 0.4) is 0 Å². The van der Waals surface area contributed by atoms with Crippen LogP contribution in [-0.2, 0) is 16.0 Å². The van der Waals surface area contributed by atoms with Gasteiger partial charge in [-0.05, 0) is 38.0 Å². The zero-order valence-corrected chi connectivity index (χ0v) is 19.8. The molecule has 0 saturated carbocycles. The largest absolute Gasteiger partial charge is 0.394 e. The van der Waals surface area contributed by atoms with Gasteiger partial charge in [0, 0.05) is 22.8 Å². The van der Waals surface area contributed by atoms with Crippen molar-refractivity contribution < 1.29 is 19.5 Å². The minimum absolute atomic E-state index is 0.160. The zero-order valence-electron chi connectivity index (χ0n) is 18.9. The van der Waals surface area contributed by atoms with E-state index < -0.39 is 22.9 Å². The number of amides is 3. The highest BCUT2D eigenvalue weighted by molar-refractivity contribution is 8.01. The normalized spacial score (nSPS) is 22.3. The van der Waals surface area contributed by atoms with Crippen LogP contribution in [0.1, 0.15) is 47.6 Å². The van der Waals surface area contributed by atoms with Crippen molar-refractivity contribution in [2.75, 3.05) is 6.61 Å². The number of hydrogen-bond acceptors (Lipinski definition) is 5. The summed E-state index contributed by atoms with van der Waals surface area (Å²) in [5.41, 5.74) is 2.45. The number of nitrogens with zero attached hydrogens (tertiary/aromatic N) is 1. The van der Waals surface area contributed by atoms with E-state index in [0.717, 1.165) is 11.1 Å². The van der Waals surface area contributed by atoms with Crippen molar-refractivity contribution in [1.82, 2.24) is 15.5 Å². The molecule has 0 radical (unpaired) electrons. The van der Waals surface area contributed by atoms with Gasteiger partial charge in [0.2, 0.25) is 11.8 Å². The summed E-state index contributed by atoms with van der Waals surface area (Å²) in [6.45, 7) is 5.40. The van der Waals surface area contributed by atoms with Gasteiger partial charge in [-0.25, -0.2) is 0 Å². The molecular formula is C25H29N3O4S. The SMILES string of the molecule is CC(CO)NC(=O)C(Cc1ccccc1)NC(=O)C1N2C(=O)c3ccccc3C2SC1(C)C. The number of thioether (sulfide) groups is 1. The number of hydrogen-bond donors (Lipinski definition) is 3. The molecule has 3 N–H and O–H groups in total. The molecule has 2 aliphatic heterocycles. The van der Waals surface area contributed by atoms with E-state index in [0.29, 0.717) is 12.0 Å². The number of carbonyl (C=O) groups is 3. The summed E-state index contributed by atoms with van der Waals surface area (Å²) in [7, 11) is 0. The van der Waals surface area contributed by atoms with Gasteiger partial charge in [0.15, 0.2) is 0 Å². The summed E-state index contributed by atoms with van der Waals surface area (Å²) < 4.78 is -0.538. The molecule has 4 rings (SSSR count). The summed E-state index contributed by atoms with van der Waals surface area (Å²) in [4.78, 5) is 41.4. The molecule has 7 nitrogen and oxygen atoms in total. The van der Waals surface area contributed by atoms with Gasteiger partial charge in [0.25, 0.3) is 5.91 Å². The van der Waals surface area contributed by atoms with Crippen molar-refractivity contribution in [1.29, 1.82) is 0 Å². The van der Waals surface area contributed by atoms with E-state index in [1.165, 1.54) is 0 Å². The topological polar surface area (TPSA) is 98.7 Å². The summed E-state index contributed by atoms with van der Waals surface area (Å²) in [5, 5.41) is 14.8. The number of aliphatic hydroxyl groups excluding tert-OH is 1. The Morgan fingerprint density at radius 2 is 1.76 bits per heavy atom. The third kappa shape index (κ3) is 4.50. The maximum atomic E-state index is 13.6. The average Bonchev–Trinajstić information content (AvgIpc) is 3.23. The molecule has 0 bridgehead atoms. The Kier molecular flexibility index (Phi) is 6.50. The predicted molar refractivity (Wildman–Crippen MR) is 128 cm³/mol. The fraction of sp³-hybridized carbons (Fsp3) is 0.400. The first-order valence-electron chi connectivity index (χ1n) is 11.1. The summed E-state index contributed by atoms with van der Waals surface area (Å²) in [6, 6.07) is 14.9. The van der Waals surface area contributed by atoms with Crippen LogP contribution in [-0.4, -0.2) is 57.2 Å². The molecule has 2 aliphatic rings. The highest BCUT2D eigenvalue weighted by Gasteiger charge is 2.57. The van der Waals surface area contributed by atoms with Crippen LogP contribution in [0.4, 0.5) is 0 Å². The third-order valence-electron chi connectivity index (χ3n) is 6.12. The quantitative estimate of drug-likeness (QED) is 0.580. The monoisotopic (exact) mass is 467 g/mol. The first-order valence-corrected chi connectivity index (χ1v) is 12.0. The molecule has 0 aliphatic carbocycles. The lowest BCUT2D eigenvalue weighted by Crippen LogP contribution is -2.58. The van der Waals surface area contributed by atoms with Gasteiger partial charge in [-0.15, -0.1) is 11.8 Å². The van der Waals surface area contributed by atoms with E-state index in [1.807, 2.05) is 62.4 Å². The number of nitrogens with one attached hydrogen (secondary N) is 2. The molecule has 4 unspecified atom stereocenters. The highest BCUT2D eigenvalue weighted by atomic mass is 32.2. The fourth-order valence-corrected chi connectivity index (χ4v) is 6.09. The smallest absolute Gasteiger partial charge is 0.256 e. The van der Waals surface area contributed by atoms with Gasteiger partial charge >= 0.3 is 0 Å². The van der Waals surface area contributed by atoms with Crippen molar-refractivity contribution >= 4 is 29.5 Å². The lowest BCUT2D eigenvalue weighted by molar-refractivity contribution is -0.132. The summed E-state index contributed by atoms with van der Waals surface area (Å²) in [6.07, 6.45) is 0.300. The van der Waals surface area contributed by atoms with E-state index in [-0.39, 0.29) is 29.7 Å². The second-order valence-corrected chi connectivity index (χ2v) is 10.9. The molecule has 3 amide bonds. The van der Waals surface area contributed by atoms with Crippen LogP contribution in [0.5, 0.6) is 0 Å². The second kappa shape index (κ2) is 9.19. The van der Waals surface area contributed by atoms with Gasteiger partial charge in [-0.1, -0.05) is 48.5 Å². The molecule has 33 heavy (non-hydrogen) atoms. The van der Waals surface area contributed by atoms with E-state index in [1.54, 1.807) is 29.7 Å². The molecule has 4 atom stereocenters. The number of carbonyl (C=O) groups excluding carboxylic acids is 3. The Morgan fingerprint density at radius 3 is 2.45 bits per heavy atom. The lowest BCUT2D eigenvalue weighted by atomic mass is 9.99. The Bertz CT molecular complexity index is 1060. The van der Waals surface area contributed by atoms with Crippen molar-refractivity contribution in [3.63, 3.8) is 0 Å². The maximum absolute atomic E-state index is 13.6. The lowest BCUT2D eigenvalue weighted by Gasteiger charge is -2.31. The number of fused-ring (bicyclic) bond motifs is 3. The van der Waals surface area contributed by atoms with Crippen molar-refractivity contribution in [3.05, 3.63) is 71.3 Å². The molecule has 0 spiro atoms. The Hall–Kier alpha value is -2.84. The minimum atomic E-state index is -0.839. The van der Waals surface area contributed by atoms with Gasteiger partial charge in [0.1, 0.15) is 17.5 Å². The van der Waals surface area contributed by atoms with Gasteiger partial charge < -0.3 is 20.6 Å². The molecule has 2 aromatic carbocycles. The third-order valence-corrected chi connectivity index (χ3v) is 7.66. The van der Waals surface area contributed by atoms with Crippen molar-refractivity contribution in [2.24, 2.45) is 0 Å². The summed E-state index contributed by atoms with van der Waals surface area (Å²) >= 11 is 1.59. The molecular weight excluding hydrogens is 438 g/mol. The number of rotatable bonds is 7. The second-order valence-electron chi connectivity index (χ2n) is 9.12. The van der Waals surface area contributed by atoms with Gasteiger partial charge in [0.05, 0.1) is 6.61 Å². The first kappa shape index (κ1) is 23.3. The van der Waals surface area contributed by atoms with Crippen LogP contribution < -0.4 is 10.6 Å². The minimum Gasteiger partial charge on any atom is -0.394 e. The Labute approximate surface area is 197 Å². The number of aliphatic hydroxyl groups is 1. The van der Waals surface area contributed by atoms with E-state index >= 15 is 0 Å². The predicted octanol–water partition coefficient (Wildman–Crippen LogP) is 2.26. The van der Waals surface area contributed by atoms with Crippen molar-refractivity contribution in [2.45, 2.75) is 55.4 Å². The summed E-state index contributed by atoms with van der Waals surface area (Å²) in [5.74, 6) is -0.888. The average molecular weight is 468 g/mol. The Morgan fingerprint density at radius 1 is 1.09 bits per heavy atom. The van der Waals surface area contributed by atoms with Crippen LogP contribution in [0.25, 0.3) is 0 Å². The van der Waals surface area contributed by atoms with E-state index in [4.69, 9.17) is 0 Å². The standard InChI is InChI=1S/C25H29N3O4S/c1-15(14-29)26-21(30)19(13-16-9-5-4-6-10-16)27-22(31)20-25(2,3)33-24-18-12-8-7-11-17(18)23(32)28(20)24/h4-12,15,19-20,24,29H,13-14H2,1-3H3,(H,26,30)(H,27,31). The molecule has 1 fully saturated rings. The van der Waals surface area contributed by atoms with Crippen LogP contribution in [0.2, 0.25) is 0 Å². The maximum Gasteiger partial charge on any atom is 0.256 e. The molecule has 1 saturated heterocycles. The van der Waals surface area contributed by atoms with Crippen LogP contribution in [0.15, 0.2) is 54.6 Å². The first-order chi connectivity index (χ1) is 15.7. The van der Waals surface area contributed by atoms with Crippen LogP contribution >= 0.6 is 11.8 Å². The Balaban J connectivity index is 1.59. The van der Waals surface area contributed by atoms with Gasteiger partial charge in [-0.3, -0.25) is 14.4 Å². The van der Waals surface area contributed by atoms with E-state index in [2.05, 4.69) is 10.6 Å². The van der Waals surface area contributed by atoms with Crippen molar-refractivity contribution in [3.8, 4) is 0 Å². The van der Waals surface area contributed by atoms with Gasteiger partial charge in [-0.2, -0.15) is 0 Å². The molecule has 174 valence electrons.